The summed E-state index contributed by atoms with van der Waals surface area (Å²) in [5, 5.41) is 16.2. The number of carbonyl (C=O) groups excluding carboxylic acids is 1. The number of hydrogen-bond acceptors (Lipinski definition) is 4. The molecule has 1 saturated carbocycles. The molecule has 1 aromatic carbocycles. The molecule has 7 heteroatoms. The average Bonchev–Trinajstić information content (AvgIpc) is 3.16. The van der Waals surface area contributed by atoms with Crippen molar-refractivity contribution in [3.63, 3.8) is 0 Å². The van der Waals surface area contributed by atoms with Crippen LogP contribution >= 0.6 is 0 Å². The fraction of sp³-hybridized carbons (Fsp3) is 0.526. The lowest BCUT2D eigenvalue weighted by Gasteiger charge is -2.27. The minimum atomic E-state index is -1.01. The first-order chi connectivity index (χ1) is 12.6. The topological polar surface area (TPSA) is 95.5 Å². The van der Waals surface area contributed by atoms with Gasteiger partial charge in [-0.2, -0.15) is 5.10 Å². The van der Waals surface area contributed by atoms with E-state index in [9.17, 15) is 9.59 Å². The molecule has 3 rings (SSSR count). The van der Waals surface area contributed by atoms with Crippen molar-refractivity contribution in [1.82, 2.24) is 15.1 Å². The van der Waals surface area contributed by atoms with E-state index in [0.717, 1.165) is 17.3 Å². The molecule has 0 bridgehead atoms. The van der Waals surface area contributed by atoms with Gasteiger partial charge in [0.1, 0.15) is 11.3 Å². The average molecular weight is 363 g/mol. The number of rotatable bonds is 4. The third-order valence-electron chi connectivity index (χ3n) is 4.31. The highest BCUT2D eigenvalue weighted by atomic mass is 16.5. The highest BCUT2D eigenvalue weighted by molar-refractivity contribution is 5.96. The number of ether oxygens (including phenoxy) is 1. The van der Waals surface area contributed by atoms with Gasteiger partial charge < -0.3 is 14.7 Å². The third kappa shape index (κ3) is 5.75. The van der Waals surface area contributed by atoms with Crippen LogP contribution in [0.3, 0.4) is 0 Å². The standard InChI is InChI=1S/C9H8N2O3.C8H15NO.C2H6/c1-14-8-3-7-5(4-10-11-7)2-6(8)9(12)13;1-9(7-10)8-5-3-2-4-6-8;1-2/h2-4H,1H3,(H,10,11)(H,12,13);7-8H,2-6H2,1H3;1-2H3. The number of carboxylic acid groups (broad SMARTS) is 1. The Morgan fingerprint density at radius 3 is 2.50 bits per heavy atom. The number of methoxy groups -OCH3 is 1. The zero-order chi connectivity index (χ0) is 19.5. The Hall–Kier alpha value is -2.57. The van der Waals surface area contributed by atoms with Crippen LogP contribution in [0.1, 0.15) is 56.3 Å². The predicted molar refractivity (Wildman–Crippen MR) is 102 cm³/mol. The maximum absolute atomic E-state index is 10.8. The molecule has 0 radical (unpaired) electrons. The molecule has 1 aromatic heterocycles. The second kappa shape index (κ2) is 11.1. The molecule has 0 spiro atoms. The summed E-state index contributed by atoms with van der Waals surface area (Å²) in [7, 11) is 3.31. The number of aromatic amines is 1. The van der Waals surface area contributed by atoms with Crippen molar-refractivity contribution in [3.05, 3.63) is 23.9 Å². The first-order valence-corrected chi connectivity index (χ1v) is 8.98. The minimum absolute atomic E-state index is 0.140. The molecule has 26 heavy (non-hydrogen) atoms. The van der Waals surface area contributed by atoms with Gasteiger partial charge in [0.2, 0.25) is 6.41 Å². The Bertz CT molecular complexity index is 693. The zero-order valence-electron chi connectivity index (χ0n) is 16.0. The molecule has 0 unspecified atom stereocenters. The second-order valence-corrected chi connectivity index (χ2v) is 5.88. The van der Waals surface area contributed by atoms with Crippen molar-refractivity contribution in [2.45, 2.75) is 52.0 Å². The number of aromatic nitrogens is 2. The molecule has 144 valence electrons. The lowest BCUT2D eigenvalue weighted by atomic mass is 9.95. The summed E-state index contributed by atoms with van der Waals surface area (Å²) in [6, 6.07) is 3.68. The van der Waals surface area contributed by atoms with Crippen molar-refractivity contribution in [1.29, 1.82) is 0 Å². The summed E-state index contributed by atoms with van der Waals surface area (Å²) in [6.07, 6.45) is 8.86. The van der Waals surface area contributed by atoms with Crippen LogP contribution in [0.2, 0.25) is 0 Å². The van der Waals surface area contributed by atoms with Gasteiger partial charge in [0.15, 0.2) is 0 Å². The van der Waals surface area contributed by atoms with E-state index in [2.05, 4.69) is 10.2 Å². The summed E-state index contributed by atoms with van der Waals surface area (Å²) >= 11 is 0. The van der Waals surface area contributed by atoms with Gasteiger partial charge in [-0.05, 0) is 18.9 Å². The van der Waals surface area contributed by atoms with Gasteiger partial charge in [-0.1, -0.05) is 33.1 Å². The molecule has 0 saturated heterocycles. The molecule has 0 aliphatic heterocycles. The zero-order valence-corrected chi connectivity index (χ0v) is 16.0. The van der Waals surface area contributed by atoms with Crippen LogP contribution < -0.4 is 4.74 Å². The highest BCUT2D eigenvalue weighted by Crippen LogP contribution is 2.24. The Morgan fingerprint density at radius 2 is 1.96 bits per heavy atom. The number of H-pyrrole nitrogens is 1. The van der Waals surface area contributed by atoms with Crippen LogP contribution in [-0.2, 0) is 4.79 Å². The normalized spacial score (nSPS) is 13.7. The summed E-state index contributed by atoms with van der Waals surface area (Å²) in [5.74, 6) is -0.681. The van der Waals surface area contributed by atoms with Gasteiger partial charge in [0.25, 0.3) is 0 Å². The van der Waals surface area contributed by atoms with Crippen LogP contribution in [0.5, 0.6) is 5.75 Å². The predicted octanol–water partition coefficient (Wildman–Crippen LogP) is 3.70. The largest absolute Gasteiger partial charge is 0.496 e. The summed E-state index contributed by atoms with van der Waals surface area (Å²) in [4.78, 5) is 23.0. The van der Waals surface area contributed by atoms with Gasteiger partial charge >= 0.3 is 5.97 Å². The van der Waals surface area contributed by atoms with Gasteiger partial charge in [0, 0.05) is 24.5 Å². The van der Waals surface area contributed by atoms with Crippen molar-refractivity contribution < 1.29 is 19.4 Å². The van der Waals surface area contributed by atoms with Crippen LogP contribution in [0.25, 0.3) is 10.9 Å². The molecule has 0 atom stereocenters. The number of carboxylic acids is 1. The number of amides is 1. The number of hydrogen-bond donors (Lipinski definition) is 2. The van der Waals surface area contributed by atoms with Crippen LogP contribution in [0, 0.1) is 0 Å². The maximum atomic E-state index is 10.8. The van der Waals surface area contributed by atoms with E-state index in [-0.39, 0.29) is 5.56 Å². The molecule has 1 amide bonds. The molecule has 2 N–H and O–H groups in total. The van der Waals surface area contributed by atoms with E-state index in [1.54, 1.807) is 17.2 Å². The van der Waals surface area contributed by atoms with Crippen LogP contribution in [0.15, 0.2) is 18.3 Å². The number of benzene rings is 1. The fourth-order valence-corrected chi connectivity index (χ4v) is 2.88. The summed E-state index contributed by atoms with van der Waals surface area (Å²) < 4.78 is 4.96. The third-order valence-corrected chi connectivity index (χ3v) is 4.31. The van der Waals surface area contributed by atoms with E-state index >= 15 is 0 Å². The summed E-state index contributed by atoms with van der Waals surface area (Å²) in [5.41, 5.74) is 0.897. The van der Waals surface area contributed by atoms with Gasteiger partial charge in [-0.25, -0.2) is 4.79 Å². The molecule has 1 fully saturated rings. The molecule has 1 heterocycles. The lowest BCUT2D eigenvalue weighted by Crippen LogP contribution is -2.31. The van der Waals surface area contributed by atoms with E-state index in [4.69, 9.17) is 9.84 Å². The van der Waals surface area contributed by atoms with E-state index in [1.165, 1.54) is 45.3 Å². The van der Waals surface area contributed by atoms with E-state index in [0.29, 0.717) is 11.8 Å². The second-order valence-electron chi connectivity index (χ2n) is 5.88. The van der Waals surface area contributed by atoms with Crippen molar-refractivity contribution in [3.8, 4) is 5.75 Å². The maximum Gasteiger partial charge on any atom is 0.339 e. The SMILES string of the molecule is CC.CN(C=O)C1CCCCC1.COc1cc2[nH]ncc2cc1C(=O)O. The minimum Gasteiger partial charge on any atom is -0.496 e. The molecule has 2 aromatic rings. The Kier molecular flexibility index (Phi) is 9.19. The molecular weight excluding hydrogens is 334 g/mol. The number of aromatic carboxylic acids is 1. The quantitative estimate of drug-likeness (QED) is 0.808. The Labute approximate surface area is 154 Å². The first-order valence-electron chi connectivity index (χ1n) is 8.98. The van der Waals surface area contributed by atoms with Crippen molar-refractivity contribution in [2.24, 2.45) is 0 Å². The summed E-state index contributed by atoms with van der Waals surface area (Å²) in [6.45, 7) is 4.00. The van der Waals surface area contributed by atoms with Crippen molar-refractivity contribution in [2.75, 3.05) is 14.2 Å². The van der Waals surface area contributed by atoms with E-state index in [1.807, 2.05) is 20.9 Å². The van der Waals surface area contributed by atoms with E-state index < -0.39 is 5.97 Å². The lowest BCUT2D eigenvalue weighted by molar-refractivity contribution is -0.119. The molecule has 1 aliphatic carbocycles. The number of nitrogens with one attached hydrogen (secondary N) is 1. The molecule has 1 aliphatic rings. The number of nitrogens with zero attached hydrogens (tertiary/aromatic N) is 2. The van der Waals surface area contributed by atoms with Crippen LogP contribution in [-0.4, -0.2) is 52.8 Å². The Morgan fingerprint density at radius 1 is 1.31 bits per heavy atom. The Balaban J connectivity index is 0.000000249. The molecule has 7 nitrogen and oxygen atoms in total. The van der Waals surface area contributed by atoms with Crippen molar-refractivity contribution >= 4 is 23.3 Å². The highest BCUT2D eigenvalue weighted by Gasteiger charge is 2.15. The molecular formula is C19H29N3O4. The van der Waals surface area contributed by atoms with Gasteiger partial charge in [-0.15, -0.1) is 0 Å². The monoisotopic (exact) mass is 363 g/mol. The number of fused-ring (bicyclic) bond motifs is 1. The first kappa shape index (κ1) is 21.5. The fourth-order valence-electron chi connectivity index (χ4n) is 2.88. The van der Waals surface area contributed by atoms with Gasteiger partial charge in [0.05, 0.1) is 18.8 Å². The smallest absolute Gasteiger partial charge is 0.339 e. The number of carbonyl (C=O) groups is 2. The van der Waals surface area contributed by atoms with Gasteiger partial charge in [-0.3, -0.25) is 9.89 Å². The van der Waals surface area contributed by atoms with Crippen LogP contribution in [0.4, 0.5) is 0 Å².